The number of rotatable bonds is 5. The quantitative estimate of drug-likeness (QED) is 0.870. The molecule has 0 radical (unpaired) electrons. The fourth-order valence-electron chi connectivity index (χ4n) is 1.91. The molecule has 0 saturated heterocycles. The molecule has 0 bridgehead atoms. The van der Waals surface area contributed by atoms with Crippen LogP contribution >= 0.6 is 0 Å². The Bertz CT molecular complexity index is 464. The molecular formula is C16H26N2O2. The van der Waals surface area contributed by atoms with Gasteiger partial charge in [-0.1, -0.05) is 26.8 Å². The zero-order valence-corrected chi connectivity index (χ0v) is 13.3. The maximum atomic E-state index is 11.8. The first-order valence-corrected chi connectivity index (χ1v) is 7.02. The Kier molecular flexibility index (Phi) is 5.43. The number of carbonyl (C=O) groups is 1. The molecule has 20 heavy (non-hydrogen) atoms. The van der Waals surface area contributed by atoms with E-state index >= 15 is 0 Å². The van der Waals surface area contributed by atoms with Crippen molar-refractivity contribution in [1.82, 2.24) is 5.32 Å². The van der Waals surface area contributed by atoms with E-state index in [1.807, 2.05) is 19.9 Å². The number of likely N-dealkylation sites (N-methyl/N-ethyl adjacent to an activating group) is 1. The molecule has 0 spiro atoms. The summed E-state index contributed by atoms with van der Waals surface area (Å²) >= 11 is 0. The molecule has 0 aliphatic carbocycles. The molecule has 1 rings (SSSR count). The van der Waals surface area contributed by atoms with Gasteiger partial charge in [0.25, 0.3) is 0 Å². The van der Waals surface area contributed by atoms with Crippen LogP contribution in [0.4, 0.5) is 5.69 Å². The third-order valence-electron chi connectivity index (χ3n) is 3.18. The van der Waals surface area contributed by atoms with Gasteiger partial charge in [-0.3, -0.25) is 4.79 Å². The van der Waals surface area contributed by atoms with Crippen molar-refractivity contribution in [2.24, 2.45) is 0 Å². The van der Waals surface area contributed by atoms with Crippen LogP contribution in [0, 0.1) is 0 Å². The summed E-state index contributed by atoms with van der Waals surface area (Å²) in [5.74, 6) is 0.727. The average Bonchev–Trinajstić information content (AvgIpc) is 2.37. The predicted molar refractivity (Wildman–Crippen MR) is 83.5 cm³/mol. The SMILES string of the molecule is CCNC(=O)[C@@H](C)Nc1cc(C(C)(C)C)ccc1OC. The first-order chi connectivity index (χ1) is 9.29. The van der Waals surface area contributed by atoms with Gasteiger partial charge in [-0.05, 0) is 37.0 Å². The van der Waals surface area contributed by atoms with Crippen molar-refractivity contribution in [3.05, 3.63) is 23.8 Å². The standard InChI is InChI=1S/C16H26N2O2/c1-7-17-15(19)11(2)18-13-10-12(16(3,4)5)8-9-14(13)20-6/h8-11,18H,7H2,1-6H3,(H,17,19)/t11-/m1/s1. The van der Waals surface area contributed by atoms with E-state index in [0.29, 0.717) is 6.54 Å². The van der Waals surface area contributed by atoms with Crippen molar-refractivity contribution < 1.29 is 9.53 Å². The third kappa shape index (κ3) is 4.15. The average molecular weight is 278 g/mol. The van der Waals surface area contributed by atoms with Crippen LogP contribution in [-0.2, 0) is 10.2 Å². The number of hydrogen-bond acceptors (Lipinski definition) is 3. The smallest absolute Gasteiger partial charge is 0.242 e. The number of amides is 1. The van der Waals surface area contributed by atoms with Crippen LogP contribution in [0.5, 0.6) is 5.75 Å². The lowest BCUT2D eigenvalue weighted by Crippen LogP contribution is -2.37. The van der Waals surface area contributed by atoms with E-state index in [4.69, 9.17) is 4.74 Å². The normalized spacial score (nSPS) is 12.7. The van der Waals surface area contributed by atoms with Gasteiger partial charge in [0.2, 0.25) is 5.91 Å². The van der Waals surface area contributed by atoms with Crippen molar-refractivity contribution in [3.8, 4) is 5.75 Å². The maximum absolute atomic E-state index is 11.8. The summed E-state index contributed by atoms with van der Waals surface area (Å²) in [7, 11) is 1.63. The molecule has 0 aliphatic rings. The second-order valence-corrected chi connectivity index (χ2v) is 5.93. The maximum Gasteiger partial charge on any atom is 0.242 e. The Balaban J connectivity index is 3.00. The first kappa shape index (κ1) is 16.3. The highest BCUT2D eigenvalue weighted by atomic mass is 16.5. The summed E-state index contributed by atoms with van der Waals surface area (Å²) in [6.45, 7) is 10.9. The molecule has 1 aromatic rings. The van der Waals surface area contributed by atoms with E-state index in [-0.39, 0.29) is 17.4 Å². The van der Waals surface area contributed by atoms with Crippen LogP contribution in [-0.4, -0.2) is 25.6 Å². The van der Waals surface area contributed by atoms with Gasteiger partial charge in [-0.25, -0.2) is 0 Å². The molecule has 112 valence electrons. The van der Waals surface area contributed by atoms with Crippen molar-refractivity contribution in [1.29, 1.82) is 0 Å². The largest absolute Gasteiger partial charge is 0.495 e. The van der Waals surface area contributed by atoms with E-state index in [1.54, 1.807) is 7.11 Å². The molecule has 0 heterocycles. The van der Waals surface area contributed by atoms with Crippen LogP contribution in [0.1, 0.15) is 40.2 Å². The van der Waals surface area contributed by atoms with Gasteiger partial charge in [-0.15, -0.1) is 0 Å². The molecule has 4 nitrogen and oxygen atoms in total. The molecule has 0 aliphatic heterocycles. The van der Waals surface area contributed by atoms with Crippen molar-refractivity contribution >= 4 is 11.6 Å². The number of benzene rings is 1. The molecule has 0 fully saturated rings. The Morgan fingerprint density at radius 1 is 1.35 bits per heavy atom. The van der Waals surface area contributed by atoms with Crippen LogP contribution in [0.25, 0.3) is 0 Å². The van der Waals surface area contributed by atoms with E-state index in [0.717, 1.165) is 11.4 Å². The Morgan fingerprint density at radius 3 is 2.50 bits per heavy atom. The molecule has 1 aromatic carbocycles. The molecule has 4 heteroatoms. The van der Waals surface area contributed by atoms with Crippen molar-refractivity contribution in [3.63, 3.8) is 0 Å². The minimum absolute atomic E-state index is 0.0179. The van der Waals surface area contributed by atoms with Crippen LogP contribution in [0.15, 0.2) is 18.2 Å². The summed E-state index contributed by atoms with van der Waals surface area (Å²) in [5, 5.41) is 6.03. The number of anilines is 1. The zero-order valence-electron chi connectivity index (χ0n) is 13.3. The number of hydrogen-bond donors (Lipinski definition) is 2. The van der Waals surface area contributed by atoms with E-state index in [2.05, 4.69) is 43.5 Å². The summed E-state index contributed by atoms with van der Waals surface area (Å²) in [6, 6.07) is 5.74. The third-order valence-corrected chi connectivity index (χ3v) is 3.18. The fraction of sp³-hybridized carbons (Fsp3) is 0.562. The predicted octanol–water partition coefficient (Wildman–Crippen LogP) is 2.93. The fourth-order valence-corrected chi connectivity index (χ4v) is 1.91. The number of carbonyl (C=O) groups excluding carboxylic acids is 1. The summed E-state index contributed by atoms with van der Waals surface area (Å²) in [5.41, 5.74) is 2.10. The lowest BCUT2D eigenvalue weighted by Gasteiger charge is -2.23. The zero-order chi connectivity index (χ0) is 15.3. The van der Waals surface area contributed by atoms with Gasteiger partial charge in [-0.2, -0.15) is 0 Å². The topological polar surface area (TPSA) is 50.4 Å². The van der Waals surface area contributed by atoms with Crippen LogP contribution in [0.3, 0.4) is 0 Å². The van der Waals surface area contributed by atoms with Crippen LogP contribution in [0.2, 0.25) is 0 Å². The highest BCUT2D eigenvalue weighted by Gasteiger charge is 2.18. The first-order valence-electron chi connectivity index (χ1n) is 7.02. The minimum atomic E-state index is -0.306. The highest BCUT2D eigenvalue weighted by Crippen LogP contribution is 2.31. The summed E-state index contributed by atoms with van der Waals surface area (Å²) < 4.78 is 5.36. The van der Waals surface area contributed by atoms with Gasteiger partial charge in [0.05, 0.1) is 12.8 Å². The number of nitrogens with one attached hydrogen (secondary N) is 2. The Morgan fingerprint density at radius 2 is 2.00 bits per heavy atom. The molecule has 0 saturated carbocycles. The van der Waals surface area contributed by atoms with E-state index in [1.165, 1.54) is 5.56 Å². The van der Waals surface area contributed by atoms with Crippen LogP contribution < -0.4 is 15.4 Å². The molecule has 1 amide bonds. The molecule has 1 atom stereocenters. The van der Waals surface area contributed by atoms with Crippen molar-refractivity contribution in [2.75, 3.05) is 19.0 Å². The molecule has 0 aromatic heterocycles. The van der Waals surface area contributed by atoms with Crippen molar-refractivity contribution in [2.45, 2.75) is 46.1 Å². The molecule has 2 N–H and O–H groups in total. The summed E-state index contributed by atoms with van der Waals surface area (Å²) in [6.07, 6.45) is 0. The lowest BCUT2D eigenvalue weighted by atomic mass is 9.86. The van der Waals surface area contributed by atoms with Gasteiger partial charge < -0.3 is 15.4 Å². The lowest BCUT2D eigenvalue weighted by molar-refractivity contribution is -0.121. The van der Waals surface area contributed by atoms with E-state index in [9.17, 15) is 4.79 Å². The number of methoxy groups -OCH3 is 1. The number of ether oxygens (including phenoxy) is 1. The second-order valence-electron chi connectivity index (χ2n) is 5.93. The minimum Gasteiger partial charge on any atom is -0.495 e. The Hall–Kier alpha value is -1.71. The van der Waals surface area contributed by atoms with Gasteiger partial charge in [0, 0.05) is 6.54 Å². The van der Waals surface area contributed by atoms with Gasteiger partial charge >= 0.3 is 0 Å². The highest BCUT2D eigenvalue weighted by molar-refractivity contribution is 5.84. The second kappa shape index (κ2) is 6.64. The molecule has 0 unspecified atom stereocenters. The Labute approximate surface area is 121 Å². The molecular weight excluding hydrogens is 252 g/mol. The summed E-state index contributed by atoms with van der Waals surface area (Å²) in [4.78, 5) is 11.8. The van der Waals surface area contributed by atoms with Gasteiger partial charge in [0.1, 0.15) is 11.8 Å². The van der Waals surface area contributed by atoms with E-state index < -0.39 is 0 Å². The van der Waals surface area contributed by atoms with Gasteiger partial charge in [0.15, 0.2) is 0 Å². The monoisotopic (exact) mass is 278 g/mol.